The average molecular weight is 595 g/mol. The molecule has 4 rings (SSSR count). The number of aliphatic hydroxyl groups is 1. The molecule has 14 nitrogen and oxygen atoms in total. The molecule has 1 N–H and O–H groups in total. The van der Waals surface area contributed by atoms with Gasteiger partial charge in [-0.1, -0.05) is 22.5 Å². The second kappa shape index (κ2) is 13.6. The van der Waals surface area contributed by atoms with Gasteiger partial charge in [-0.05, 0) is 17.7 Å². The van der Waals surface area contributed by atoms with Gasteiger partial charge in [-0.25, -0.2) is 9.07 Å². The van der Waals surface area contributed by atoms with Crippen LogP contribution in [-0.2, 0) is 33.3 Å². The maximum Gasteiger partial charge on any atom is 0.303 e. The van der Waals surface area contributed by atoms with Crippen molar-refractivity contribution in [3.05, 3.63) is 46.7 Å². The Morgan fingerprint density at radius 3 is 2.83 bits per heavy atom. The first-order chi connectivity index (χ1) is 19.6. The molecule has 2 aliphatic rings. The first kappa shape index (κ1) is 30.7. The lowest BCUT2D eigenvalue weighted by atomic mass is 9.92. The molecule has 0 radical (unpaired) electrons. The van der Waals surface area contributed by atoms with Gasteiger partial charge in [0.15, 0.2) is 6.10 Å². The van der Waals surface area contributed by atoms with Crippen LogP contribution < -0.4 is 0 Å². The van der Waals surface area contributed by atoms with Crippen LogP contribution in [-0.4, -0.2) is 100 Å². The maximum absolute atomic E-state index is 13.9. The Kier molecular flexibility index (Phi) is 10.2. The summed E-state index contributed by atoms with van der Waals surface area (Å²) < 4.78 is 43.7. The standard InChI is InChI=1S/C25H31FN6O8S/c1-14(33)38-11-19-22(39-15(2)34)21(32-10-18(28-31-32)16-5-4-6-17(26)9-16)23(36-3)24(40-19)41-13-25(35)7-8-37-12-20(25)29-30-27/h4-6,9-10,19-24,35H,7-8,11-13H2,1-3H3. The summed E-state index contributed by atoms with van der Waals surface area (Å²) in [5.74, 6) is -1.54. The molecule has 16 heteroatoms. The minimum atomic E-state index is -1.39. The van der Waals surface area contributed by atoms with E-state index in [9.17, 15) is 19.1 Å². The number of carbonyl (C=O) groups excluding carboxylic acids is 2. The van der Waals surface area contributed by atoms with E-state index in [0.717, 1.165) is 0 Å². The van der Waals surface area contributed by atoms with Crippen molar-refractivity contribution in [3.8, 4) is 11.3 Å². The Hall–Kier alpha value is -3.27. The Bertz CT molecular complexity index is 1280. The van der Waals surface area contributed by atoms with Crippen molar-refractivity contribution in [1.29, 1.82) is 0 Å². The Labute approximate surface area is 239 Å². The topological polar surface area (TPSA) is 180 Å². The molecule has 222 valence electrons. The summed E-state index contributed by atoms with van der Waals surface area (Å²) >= 11 is 1.20. The number of azide groups is 1. The van der Waals surface area contributed by atoms with Crippen LogP contribution in [0.1, 0.15) is 26.3 Å². The maximum atomic E-state index is 13.9. The highest BCUT2D eigenvalue weighted by atomic mass is 32.2. The zero-order valence-corrected chi connectivity index (χ0v) is 23.5. The van der Waals surface area contributed by atoms with Crippen LogP contribution in [0, 0.1) is 5.82 Å². The molecule has 2 aromatic rings. The van der Waals surface area contributed by atoms with Crippen LogP contribution in [0.5, 0.6) is 0 Å². The first-order valence-electron chi connectivity index (χ1n) is 12.8. The van der Waals surface area contributed by atoms with Crippen LogP contribution in [0.2, 0.25) is 0 Å². The van der Waals surface area contributed by atoms with Crippen LogP contribution in [0.15, 0.2) is 35.6 Å². The van der Waals surface area contributed by atoms with Gasteiger partial charge >= 0.3 is 11.9 Å². The predicted octanol–water partition coefficient (Wildman–Crippen LogP) is 2.42. The quantitative estimate of drug-likeness (QED) is 0.185. The van der Waals surface area contributed by atoms with Crippen LogP contribution in [0.4, 0.5) is 4.39 Å². The number of benzene rings is 1. The number of hydrogen-bond donors (Lipinski definition) is 1. The molecule has 0 saturated carbocycles. The predicted molar refractivity (Wildman–Crippen MR) is 142 cm³/mol. The van der Waals surface area contributed by atoms with Crippen molar-refractivity contribution in [2.75, 3.05) is 32.7 Å². The number of ether oxygens (including phenoxy) is 5. The molecule has 0 amide bonds. The summed E-state index contributed by atoms with van der Waals surface area (Å²) in [5, 5.41) is 23.5. The zero-order chi connectivity index (χ0) is 29.6. The number of thioether (sulfide) groups is 1. The van der Waals surface area contributed by atoms with Crippen molar-refractivity contribution in [1.82, 2.24) is 15.0 Å². The van der Waals surface area contributed by atoms with Gasteiger partial charge < -0.3 is 28.8 Å². The van der Waals surface area contributed by atoms with Gasteiger partial charge in [0.2, 0.25) is 0 Å². The number of rotatable bonds is 10. The highest BCUT2D eigenvalue weighted by Gasteiger charge is 2.51. The van der Waals surface area contributed by atoms with E-state index in [2.05, 4.69) is 20.3 Å². The molecule has 1 aromatic carbocycles. The van der Waals surface area contributed by atoms with Crippen molar-refractivity contribution in [3.63, 3.8) is 0 Å². The van der Waals surface area contributed by atoms with E-state index < -0.39 is 59.2 Å². The molecule has 1 aromatic heterocycles. The molecular weight excluding hydrogens is 563 g/mol. The average Bonchev–Trinajstić information content (AvgIpc) is 3.42. The van der Waals surface area contributed by atoms with Crippen LogP contribution in [0.25, 0.3) is 21.7 Å². The largest absolute Gasteiger partial charge is 0.463 e. The SMILES string of the molecule is COC1C(SCC2(O)CCOCC2N=[N+]=[N-])OC(COC(C)=O)C(OC(C)=O)C1n1cc(-c2cccc(F)c2)nn1. The number of esters is 2. The van der Waals surface area contributed by atoms with E-state index in [1.807, 2.05) is 0 Å². The van der Waals surface area contributed by atoms with E-state index in [0.29, 0.717) is 11.3 Å². The van der Waals surface area contributed by atoms with E-state index in [1.54, 1.807) is 18.3 Å². The van der Waals surface area contributed by atoms with E-state index in [4.69, 9.17) is 29.2 Å². The molecule has 0 aliphatic carbocycles. The number of methoxy groups -OCH3 is 1. The van der Waals surface area contributed by atoms with Crippen LogP contribution in [0.3, 0.4) is 0 Å². The van der Waals surface area contributed by atoms with E-state index >= 15 is 0 Å². The Morgan fingerprint density at radius 2 is 2.15 bits per heavy atom. The first-order valence-corrected chi connectivity index (χ1v) is 13.8. The summed E-state index contributed by atoms with van der Waals surface area (Å²) in [6, 6.07) is 4.20. The minimum absolute atomic E-state index is 0.0639. The summed E-state index contributed by atoms with van der Waals surface area (Å²) in [7, 11) is 1.45. The summed E-state index contributed by atoms with van der Waals surface area (Å²) in [5.41, 5.74) is 7.63. The van der Waals surface area contributed by atoms with Gasteiger partial charge in [0, 0.05) is 50.2 Å². The molecular formula is C25H31FN6O8S. The second-order valence-corrected chi connectivity index (χ2v) is 10.8. The van der Waals surface area contributed by atoms with Gasteiger partial charge in [0.05, 0.1) is 24.4 Å². The monoisotopic (exact) mass is 594 g/mol. The van der Waals surface area contributed by atoms with Gasteiger partial charge in [-0.3, -0.25) is 9.59 Å². The normalized spacial score (nSPS) is 29.8. The molecule has 0 spiro atoms. The number of hydrogen-bond acceptors (Lipinski definition) is 12. The number of carbonyl (C=O) groups is 2. The highest BCUT2D eigenvalue weighted by molar-refractivity contribution is 7.99. The fraction of sp³-hybridized carbons (Fsp3) is 0.600. The van der Waals surface area contributed by atoms with Gasteiger partial charge in [-0.15, -0.1) is 16.9 Å². The zero-order valence-electron chi connectivity index (χ0n) is 22.7. The van der Waals surface area contributed by atoms with Crippen molar-refractivity contribution < 1.29 is 42.8 Å². The molecule has 2 fully saturated rings. The third-order valence-electron chi connectivity index (χ3n) is 6.84. The Balaban J connectivity index is 1.69. The smallest absolute Gasteiger partial charge is 0.303 e. The lowest BCUT2D eigenvalue weighted by Crippen LogP contribution is -2.58. The molecule has 7 atom stereocenters. The van der Waals surface area contributed by atoms with Gasteiger partial charge in [0.25, 0.3) is 0 Å². The number of nitrogens with zero attached hydrogens (tertiary/aromatic N) is 6. The molecule has 2 aliphatic heterocycles. The van der Waals surface area contributed by atoms with Crippen LogP contribution >= 0.6 is 11.8 Å². The van der Waals surface area contributed by atoms with Crippen molar-refractivity contribution in [2.24, 2.45) is 5.11 Å². The van der Waals surface area contributed by atoms with E-state index in [1.165, 1.54) is 49.5 Å². The van der Waals surface area contributed by atoms with Crippen molar-refractivity contribution in [2.45, 2.75) is 61.7 Å². The third-order valence-corrected chi connectivity index (χ3v) is 8.22. The molecule has 3 heterocycles. The molecule has 0 bridgehead atoms. The lowest BCUT2D eigenvalue weighted by molar-refractivity contribution is -0.208. The second-order valence-electron chi connectivity index (χ2n) is 9.66. The van der Waals surface area contributed by atoms with Crippen molar-refractivity contribution >= 4 is 23.7 Å². The molecule has 7 unspecified atom stereocenters. The molecule has 2 saturated heterocycles. The van der Waals surface area contributed by atoms with E-state index in [-0.39, 0.29) is 32.0 Å². The minimum Gasteiger partial charge on any atom is -0.463 e. The molecule has 41 heavy (non-hydrogen) atoms. The summed E-state index contributed by atoms with van der Waals surface area (Å²) in [4.78, 5) is 26.7. The Morgan fingerprint density at radius 1 is 1.34 bits per heavy atom. The lowest BCUT2D eigenvalue weighted by Gasteiger charge is -2.46. The third kappa shape index (κ3) is 7.33. The van der Waals surface area contributed by atoms with Gasteiger partial charge in [-0.2, -0.15) is 0 Å². The highest BCUT2D eigenvalue weighted by Crippen LogP contribution is 2.41. The van der Waals surface area contributed by atoms with Gasteiger partial charge in [0.1, 0.15) is 41.8 Å². The number of aromatic nitrogens is 3. The number of halogens is 1. The fourth-order valence-electron chi connectivity index (χ4n) is 4.82. The fourth-order valence-corrected chi connectivity index (χ4v) is 6.29. The summed E-state index contributed by atoms with van der Waals surface area (Å²) in [6.07, 6.45) is -0.999. The summed E-state index contributed by atoms with van der Waals surface area (Å²) in [6.45, 7) is 2.57.